The number of aromatic nitrogens is 2. The molecule has 1 heterocycles. The maximum atomic E-state index is 5.66. The van der Waals surface area contributed by atoms with Crippen LogP contribution in [-0.2, 0) is 13.1 Å². The summed E-state index contributed by atoms with van der Waals surface area (Å²) in [6.45, 7) is 1.51. The van der Waals surface area contributed by atoms with E-state index in [-0.39, 0.29) is 0 Å². The number of hydrogen-bond donors (Lipinski definition) is 1. The minimum atomic E-state index is 0.604. The number of imidazole rings is 1. The number of rotatable bonds is 4. The van der Waals surface area contributed by atoms with E-state index < -0.39 is 0 Å². The molecular formula is C14H17N3. The molecule has 2 aromatic rings. The zero-order valence-electron chi connectivity index (χ0n) is 9.84. The second-order valence-corrected chi connectivity index (χ2v) is 4.74. The molecule has 17 heavy (non-hydrogen) atoms. The average molecular weight is 227 g/mol. The molecule has 0 amide bonds. The molecule has 1 saturated carbocycles. The van der Waals surface area contributed by atoms with Crippen molar-refractivity contribution in [3.63, 3.8) is 0 Å². The lowest BCUT2D eigenvalue weighted by Gasteiger charge is -2.08. The summed E-state index contributed by atoms with van der Waals surface area (Å²) in [5, 5.41) is 0. The van der Waals surface area contributed by atoms with Crippen LogP contribution < -0.4 is 5.73 Å². The van der Waals surface area contributed by atoms with Gasteiger partial charge in [0, 0.05) is 30.9 Å². The van der Waals surface area contributed by atoms with E-state index in [2.05, 4.69) is 33.8 Å². The van der Waals surface area contributed by atoms with Crippen LogP contribution in [0.3, 0.4) is 0 Å². The normalized spacial score (nSPS) is 15.1. The Kier molecular flexibility index (Phi) is 2.69. The largest absolute Gasteiger partial charge is 0.330 e. The van der Waals surface area contributed by atoms with Crippen molar-refractivity contribution >= 4 is 0 Å². The quantitative estimate of drug-likeness (QED) is 0.870. The first-order chi connectivity index (χ1) is 8.36. The van der Waals surface area contributed by atoms with Crippen LogP contribution in [-0.4, -0.2) is 9.55 Å². The van der Waals surface area contributed by atoms with Gasteiger partial charge in [-0.05, 0) is 24.0 Å². The smallest absolute Gasteiger partial charge is 0.0951 e. The molecule has 88 valence electrons. The van der Waals surface area contributed by atoms with Crippen molar-refractivity contribution in [3.8, 4) is 0 Å². The second-order valence-electron chi connectivity index (χ2n) is 4.74. The molecular weight excluding hydrogens is 210 g/mol. The van der Waals surface area contributed by atoms with Crippen molar-refractivity contribution in [1.29, 1.82) is 0 Å². The van der Waals surface area contributed by atoms with E-state index in [9.17, 15) is 0 Å². The van der Waals surface area contributed by atoms with Crippen molar-refractivity contribution in [2.45, 2.75) is 31.8 Å². The predicted octanol–water partition coefficient (Wildman–Crippen LogP) is 2.27. The molecule has 0 saturated heterocycles. The van der Waals surface area contributed by atoms with Gasteiger partial charge in [-0.15, -0.1) is 0 Å². The summed E-state index contributed by atoms with van der Waals surface area (Å²) >= 11 is 0. The van der Waals surface area contributed by atoms with Crippen molar-refractivity contribution in [1.82, 2.24) is 9.55 Å². The van der Waals surface area contributed by atoms with Gasteiger partial charge in [-0.2, -0.15) is 0 Å². The van der Waals surface area contributed by atoms with Gasteiger partial charge in [0.25, 0.3) is 0 Å². The zero-order chi connectivity index (χ0) is 11.7. The van der Waals surface area contributed by atoms with Crippen molar-refractivity contribution in [2.24, 2.45) is 5.73 Å². The van der Waals surface area contributed by atoms with E-state index >= 15 is 0 Å². The predicted molar refractivity (Wildman–Crippen MR) is 67.6 cm³/mol. The van der Waals surface area contributed by atoms with E-state index in [0.717, 1.165) is 12.5 Å². The van der Waals surface area contributed by atoms with Crippen molar-refractivity contribution in [3.05, 3.63) is 53.6 Å². The highest BCUT2D eigenvalue weighted by Crippen LogP contribution is 2.39. The van der Waals surface area contributed by atoms with Gasteiger partial charge >= 0.3 is 0 Å². The highest BCUT2D eigenvalue weighted by atomic mass is 15.0. The Balaban J connectivity index is 1.83. The molecule has 3 nitrogen and oxygen atoms in total. The van der Waals surface area contributed by atoms with Crippen molar-refractivity contribution < 1.29 is 0 Å². The summed E-state index contributed by atoms with van der Waals surface area (Å²) in [4.78, 5) is 4.26. The van der Waals surface area contributed by atoms with Gasteiger partial charge < -0.3 is 10.3 Å². The molecule has 0 bridgehead atoms. The van der Waals surface area contributed by atoms with Crippen LogP contribution >= 0.6 is 0 Å². The highest BCUT2D eigenvalue weighted by Gasteiger charge is 2.26. The Morgan fingerprint density at radius 3 is 2.88 bits per heavy atom. The third-order valence-corrected chi connectivity index (χ3v) is 3.32. The monoisotopic (exact) mass is 227 g/mol. The first-order valence-electron chi connectivity index (χ1n) is 6.15. The van der Waals surface area contributed by atoms with E-state index in [1.165, 1.54) is 29.7 Å². The summed E-state index contributed by atoms with van der Waals surface area (Å²) in [7, 11) is 0. The standard InChI is InChI=1S/C14H17N3/c15-7-11-2-1-3-12(6-11)9-17-10-16-8-14(17)13-4-5-13/h1-3,6,8,10,13H,4-5,7,9,15H2. The zero-order valence-corrected chi connectivity index (χ0v) is 9.84. The first kappa shape index (κ1) is 10.5. The van der Waals surface area contributed by atoms with Gasteiger partial charge in [0.1, 0.15) is 0 Å². The third kappa shape index (κ3) is 2.24. The topological polar surface area (TPSA) is 43.8 Å². The third-order valence-electron chi connectivity index (χ3n) is 3.32. The number of nitrogens with two attached hydrogens (primary N) is 1. The van der Waals surface area contributed by atoms with E-state index in [1.807, 2.05) is 12.5 Å². The molecule has 1 aromatic heterocycles. The lowest BCUT2D eigenvalue weighted by molar-refractivity contribution is 0.741. The van der Waals surface area contributed by atoms with Crippen LogP contribution in [0.15, 0.2) is 36.8 Å². The first-order valence-corrected chi connectivity index (χ1v) is 6.15. The summed E-state index contributed by atoms with van der Waals surface area (Å²) in [5.41, 5.74) is 9.53. The molecule has 3 rings (SSSR count). The Morgan fingerprint density at radius 2 is 2.12 bits per heavy atom. The Morgan fingerprint density at radius 1 is 1.29 bits per heavy atom. The van der Waals surface area contributed by atoms with Gasteiger partial charge in [0.05, 0.1) is 6.33 Å². The highest BCUT2D eigenvalue weighted by molar-refractivity contribution is 5.24. The summed E-state index contributed by atoms with van der Waals surface area (Å²) in [5.74, 6) is 0.746. The molecule has 0 unspecified atom stereocenters. The molecule has 1 fully saturated rings. The fraction of sp³-hybridized carbons (Fsp3) is 0.357. The minimum Gasteiger partial charge on any atom is -0.330 e. The van der Waals surface area contributed by atoms with Crippen LogP contribution in [0.5, 0.6) is 0 Å². The molecule has 0 aliphatic heterocycles. The molecule has 1 aromatic carbocycles. The fourth-order valence-electron chi connectivity index (χ4n) is 2.23. The number of hydrogen-bond acceptors (Lipinski definition) is 2. The Labute approximate surface area is 101 Å². The molecule has 0 radical (unpaired) electrons. The lowest BCUT2D eigenvalue weighted by atomic mass is 10.1. The van der Waals surface area contributed by atoms with Gasteiger partial charge in [0.15, 0.2) is 0 Å². The van der Waals surface area contributed by atoms with Crippen LogP contribution in [0, 0.1) is 0 Å². The lowest BCUT2D eigenvalue weighted by Crippen LogP contribution is -2.03. The van der Waals surface area contributed by atoms with E-state index in [1.54, 1.807) is 0 Å². The molecule has 1 aliphatic carbocycles. The average Bonchev–Trinajstić information content (AvgIpc) is 3.11. The fourth-order valence-corrected chi connectivity index (χ4v) is 2.23. The van der Waals surface area contributed by atoms with Crippen LogP contribution in [0.1, 0.15) is 35.6 Å². The van der Waals surface area contributed by atoms with Gasteiger partial charge in [0.2, 0.25) is 0 Å². The second kappa shape index (κ2) is 4.34. The summed E-state index contributed by atoms with van der Waals surface area (Å²) < 4.78 is 2.26. The maximum Gasteiger partial charge on any atom is 0.0951 e. The van der Waals surface area contributed by atoms with E-state index in [4.69, 9.17) is 5.73 Å². The Hall–Kier alpha value is -1.61. The van der Waals surface area contributed by atoms with Gasteiger partial charge in [-0.1, -0.05) is 24.3 Å². The Bertz CT molecular complexity index is 512. The van der Waals surface area contributed by atoms with Crippen LogP contribution in [0.2, 0.25) is 0 Å². The molecule has 1 aliphatic rings. The number of benzene rings is 1. The summed E-state index contributed by atoms with van der Waals surface area (Å²) in [6.07, 6.45) is 6.57. The van der Waals surface area contributed by atoms with E-state index in [0.29, 0.717) is 6.54 Å². The van der Waals surface area contributed by atoms with Crippen LogP contribution in [0.25, 0.3) is 0 Å². The molecule has 0 atom stereocenters. The minimum absolute atomic E-state index is 0.604. The molecule has 0 spiro atoms. The summed E-state index contributed by atoms with van der Waals surface area (Å²) in [6, 6.07) is 8.47. The van der Waals surface area contributed by atoms with Gasteiger partial charge in [-0.25, -0.2) is 4.98 Å². The molecule has 3 heteroatoms. The molecule has 2 N–H and O–H groups in total. The SMILES string of the molecule is NCc1cccc(Cn2cncc2C2CC2)c1. The van der Waals surface area contributed by atoms with Gasteiger partial charge in [-0.3, -0.25) is 0 Å². The number of nitrogens with zero attached hydrogens (tertiary/aromatic N) is 2. The maximum absolute atomic E-state index is 5.66. The van der Waals surface area contributed by atoms with Crippen LogP contribution in [0.4, 0.5) is 0 Å². The van der Waals surface area contributed by atoms with Crippen molar-refractivity contribution in [2.75, 3.05) is 0 Å².